The van der Waals surface area contributed by atoms with Crippen molar-refractivity contribution in [3.8, 4) is 5.75 Å². The largest absolute Gasteiger partial charge is 0.497 e. The van der Waals surface area contributed by atoms with Gasteiger partial charge in [-0.2, -0.15) is 0 Å². The second-order valence-corrected chi connectivity index (χ2v) is 9.47. The molecule has 0 aliphatic carbocycles. The van der Waals surface area contributed by atoms with Crippen molar-refractivity contribution in [1.29, 1.82) is 0 Å². The average molecular weight is 496 g/mol. The van der Waals surface area contributed by atoms with E-state index in [1.165, 1.54) is 25.3 Å². The highest BCUT2D eigenvalue weighted by atomic mass is 35.5. The lowest BCUT2D eigenvalue weighted by Gasteiger charge is -2.31. The number of anilines is 1. The lowest BCUT2D eigenvalue weighted by atomic mass is 10.0. The molecule has 1 heterocycles. The molecule has 0 aromatic heterocycles. The number of benzene rings is 2. The Morgan fingerprint density at radius 2 is 1.79 bits per heavy atom. The number of hydrogen-bond donors (Lipinski definition) is 2. The number of sulfonamides is 1. The van der Waals surface area contributed by atoms with Crippen molar-refractivity contribution in [2.24, 2.45) is 0 Å². The van der Waals surface area contributed by atoms with Crippen LogP contribution in [0.1, 0.15) is 30.1 Å². The quantitative estimate of drug-likeness (QED) is 0.607. The third-order valence-electron chi connectivity index (χ3n) is 5.18. The van der Waals surface area contributed by atoms with Gasteiger partial charge in [-0.15, -0.1) is 0 Å². The van der Waals surface area contributed by atoms with E-state index in [2.05, 4.69) is 10.0 Å². The lowest BCUT2D eigenvalue weighted by Crippen LogP contribution is -2.46. The van der Waals surface area contributed by atoms with Gasteiger partial charge in [0.1, 0.15) is 10.6 Å². The monoisotopic (exact) mass is 495 g/mol. The van der Waals surface area contributed by atoms with E-state index >= 15 is 0 Å². The van der Waals surface area contributed by atoms with Crippen molar-refractivity contribution >= 4 is 39.3 Å². The maximum atomic E-state index is 12.9. The van der Waals surface area contributed by atoms with E-state index in [0.29, 0.717) is 44.0 Å². The van der Waals surface area contributed by atoms with Crippen molar-refractivity contribution < 1.29 is 27.5 Å². The minimum Gasteiger partial charge on any atom is -0.497 e. The first-order chi connectivity index (χ1) is 15.7. The molecule has 11 heteroatoms. The number of halogens is 1. The third-order valence-corrected chi connectivity index (χ3v) is 7.04. The highest BCUT2D eigenvalue weighted by Gasteiger charge is 2.26. The zero-order valence-corrected chi connectivity index (χ0v) is 19.9. The van der Waals surface area contributed by atoms with Crippen LogP contribution in [0.2, 0.25) is 5.02 Å². The third kappa shape index (κ3) is 6.29. The number of amides is 2. The predicted octanol–water partition coefficient (Wildman–Crippen LogP) is 3.50. The van der Waals surface area contributed by atoms with Gasteiger partial charge < -0.3 is 19.7 Å². The molecular formula is C22H26ClN3O6S. The lowest BCUT2D eigenvalue weighted by molar-refractivity contribution is 0.0860. The summed E-state index contributed by atoms with van der Waals surface area (Å²) in [7, 11) is -2.52. The molecular weight excluding hydrogens is 470 g/mol. The highest BCUT2D eigenvalue weighted by molar-refractivity contribution is 7.92. The van der Waals surface area contributed by atoms with E-state index in [-0.39, 0.29) is 27.6 Å². The Hall–Kier alpha value is -2.98. The maximum absolute atomic E-state index is 12.9. The van der Waals surface area contributed by atoms with Crippen molar-refractivity contribution in [2.45, 2.75) is 30.7 Å². The molecule has 0 saturated carbocycles. The Kier molecular flexibility index (Phi) is 8.04. The highest BCUT2D eigenvalue weighted by Crippen LogP contribution is 2.26. The Balaban J connectivity index is 1.67. The second kappa shape index (κ2) is 10.8. The number of carbonyl (C=O) groups excluding carboxylic acids is 2. The molecule has 2 aromatic rings. The summed E-state index contributed by atoms with van der Waals surface area (Å²) in [5, 5.41) is 2.89. The van der Waals surface area contributed by atoms with Crippen LogP contribution < -0.4 is 14.8 Å². The van der Waals surface area contributed by atoms with E-state index in [1.807, 2.05) is 0 Å². The number of piperidine rings is 1. The van der Waals surface area contributed by atoms with Crippen LogP contribution in [-0.4, -0.2) is 58.2 Å². The van der Waals surface area contributed by atoms with E-state index in [0.717, 1.165) is 0 Å². The van der Waals surface area contributed by atoms with Gasteiger partial charge in [-0.25, -0.2) is 13.2 Å². The second-order valence-electron chi connectivity index (χ2n) is 7.41. The zero-order chi connectivity index (χ0) is 24.0. The molecule has 2 aromatic carbocycles. The molecule has 1 saturated heterocycles. The molecule has 1 aliphatic rings. The fourth-order valence-corrected chi connectivity index (χ4v) is 5.00. The molecule has 1 fully saturated rings. The van der Waals surface area contributed by atoms with Crippen molar-refractivity contribution in [3.05, 3.63) is 53.1 Å². The molecule has 2 amide bonds. The van der Waals surface area contributed by atoms with Gasteiger partial charge in [-0.05, 0) is 62.2 Å². The topological polar surface area (TPSA) is 114 Å². The van der Waals surface area contributed by atoms with Gasteiger partial charge in [0.25, 0.3) is 15.9 Å². The van der Waals surface area contributed by atoms with Crippen LogP contribution in [0.15, 0.2) is 47.4 Å². The van der Waals surface area contributed by atoms with Crippen LogP contribution in [0.5, 0.6) is 5.75 Å². The van der Waals surface area contributed by atoms with Gasteiger partial charge >= 0.3 is 6.09 Å². The summed E-state index contributed by atoms with van der Waals surface area (Å²) in [6, 6.07) is 10.3. The van der Waals surface area contributed by atoms with Crippen LogP contribution >= 0.6 is 11.6 Å². The summed E-state index contributed by atoms with van der Waals surface area (Å²) in [6.45, 7) is 2.99. The van der Waals surface area contributed by atoms with Crippen LogP contribution in [0.3, 0.4) is 0 Å². The van der Waals surface area contributed by atoms with Gasteiger partial charge in [0.2, 0.25) is 0 Å². The Bertz CT molecular complexity index is 1100. The number of rotatable bonds is 7. The molecule has 3 rings (SSSR count). The summed E-state index contributed by atoms with van der Waals surface area (Å²) >= 11 is 6.14. The van der Waals surface area contributed by atoms with Crippen molar-refractivity contribution in [2.75, 3.05) is 31.5 Å². The van der Waals surface area contributed by atoms with Crippen LogP contribution in [0.25, 0.3) is 0 Å². The fraction of sp³-hybridized carbons (Fsp3) is 0.364. The average Bonchev–Trinajstić information content (AvgIpc) is 2.80. The summed E-state index contributed by atoms with van der Waals surface area (Å²) in [4.78, 5) is 26.0. The minimum atomic E-state index is -4.04. The number of carbonyl (C=O) groups is 2. The first kappa shape index (κ1) is 24.7. The number of ether oxygens (including phenoxy) is 2. The van der Waals surface area contributed by atoms with Crippen LogP contribution in [0, 0.1) is 0 Å². The molecule has 9 nitrogen and oxygen atoms in total. The molecule has 2 N–H and O–H groups in total. The predicted molar refractivity (Wildman–Crippen MR) is 124 cm³/mol. The molecule has 1 aliphatic heterocycles. The first-order valence-electron chi connectivity index (χ1n) is 10.4. The van der Waals surface area contributed by atoms with Crippen LogP contribution in [0.4, 0.5) is 10.5 Å². The molecule has 0 radical (unpaired) electrons. The zero-order valence-electron chi connectivity index (χ0n) is 18.3. The summed E-state index contributed by atoms with van der Waals surface area (Å²) in [6.07, 6.45) is 0.782. The normalized spacial score (nSPS) is 14.5. The number of nitrogens with one attached hydrogen (secondary N) is 2. The summed E-state index contributed by atoms with van der Waals surface area (Å²) < 4.78 is 38.3. The Morgan fingerprint density at radius 3 is 2.39 bits per heavy atom. The summed E-state index contributed by atoms with van der Waals surface area (Å²) in [5.74, 6) is 0.171. The standard InChI is InChI=1S/C22H26ClN3O6S/c1-3-32-22(28)26-12-10-16(11-13-26)24-21(27)15-4-9-19(23)20(14-15)33(29,30)25-17-5-7-18(31-2)8-6-17/h4-9,14,16,25H,3,10-13H2,1-2H3,(H,24,27). The maximum Gasteiger partial charge on any atom is 0.409 e. The number of likely N-dealkylation sites (tertiary alicyclic amines) is 1. The van der Waals surface area contributed by atoms with Gasteiger partial charge in [-0.1, -0.05) is 11.6 Å². The molecule has 0 unspecified atom stereocenters. The molecule has 0 atom stereocenters. The van der Waals surface area contributed by atoms with E-state index in [9.17, 15) is 18.0 Å². The molecule has 178 valence electrons. The number of nitrogens with zero attached hydrogens (tertiary/aromatic N) is 1. The van der Waals surface area contributed by atoms with E-state index in [1.54, 1.807) is 36.1 Å². The SMILES string of the molecule is CCOC(=O)N1CCC(NC(=O)c2ccc(Cl)c(S(=O)(=O)Nc3ccc(OC)cc3)c2)CC1. The molecule has 0 spiro atoms. The van der Waals surface area contributed by atoms with E-state index < -0.39 is 15.9 Å². The van der Waals surface area contributed by atoms with Crippen molar-refractivity contribution in [1.82, 2.24) is 10.2 Å². The Labute approximate surface area is 198 Å². The summed E-state index contributed by atoms with van der Waals surface area (Å²) in [5.41, 5.74) is 0.498. The minimum absolute atomic E-state index is 0.00435. The van der Waals surface area contributed by atoms with E-state index in [4.69, 9.17) is 21.1 Å². The molecule has 0 bridgehead atoms. The van der Waals surface area contributed by atoms with Gasteiger partial charge in [-0.3, -0.25) is 9.52 Å². The van der Waals surface area contributed by atoms with Crippen LogP contribution in [-0.2, 0) is 14.8 Å². The number of methoxy groups -OCH3 is 1. The van der Waals surface area contributed by atoms with Gasteiger partial charge in [0.05, 0.1) is 18.7 Å². The molecule has 33 heavy (non-hydrogen) atoms. The van der Waals surface area contributed by atoms with Gasteiger partial charge in [0.15, 0.2) is 0 Å². The van der Waals surface area contributed by atoms with Crippen molar-refractivity contribution in [3.63, 3.8) is 0 Å². The Morgan fingerprint density at radius 1 is 1.12 bits per heavy atom. The van der Waals surface area contributed by atoms with Gasteiger partial charge in [0, 0.05) is 30.4 Å². The number of hydrogen-bond acceptors (Lipinski definition) is 6. The first-order valence-corrected chi connectivity index (χ1v) is 12.3. The fourth-order valence-electron chi connectivity index (χ4n) is 3.41. The smallest absolute Gasteiger partial charge is 0.409 e.